The lowest BCUT2D eigenvalue weighted by Gasteiger charge is -2.22. The van der Waals surface area contributed by atoms with Crippen LogP contribution in [0.25, 0.3) is 0 Å². The van der Waals surface area contributed by atoms with E-state index in [1.807, 2.05) is 12.1 Å². The van der Waals surface area contributed by atoms with E-state index in [-0.39, 0.29) is 24.4 Å². The van der Waals surface area contributed by atoms with Crippen molar-refractivity contribution in [2.45, 2.75) is 51.0 Å². The van der Waals surface area contributed by atoms with Crippen molar-refractivity contribution in [2.24, 2.45) is 0 Å². The Balaban J connectivity index is 1.49. The average Bonchev–Trinajstić information content (AvgIpc) is 3.01. The van der Waals surface area contributed by atoms with Crippen LogP contribution in [0, 0.1) is 0 Å². The molecule has 0 aromatic carbocycles. The van der Waals surface area contributed by atoms with E-state index in [1.165, 1.54) is 19.3 Å². The summed E-state index contributed by atoms with van der Waals surface area (Å²) < 4.78 is 5.18. The second kappa shape index (κ2) is 9.12. The van der Waals surface area contributed by atoms with E-state index in [1.54, 1.807) is 6.26 Å². The highest BCUT2D eigenvalue weighted by atomic mass is 16.3. The van der Waals surface area contributed by atoms with Crippen molar-refractivity contribution in [2.75, 3.05) is 13.1 Å². The summed E-state index contributed by atoms with van der Waals surface area (Å²) in [6.45, 7) is 0.895. The minimum absolute atomic E-state index is 0.0653. The van der Waals surface area contributed by atoms with E-state index in [9.17, 15) is 9.59 Å². The summed E-state index contributed by atoms with van der Waals surface area (Å²) in [5.74, 6) is 0.787. The van der Waals surface area contributed by atoms with Crippen molar-refractivity contribution < 1.29 is 14.0 Å². The molecular formula is C16H25N3O3. The number of amides is 3. The average molecular weight is 307 g/mol. The van der Waals surface area contributed by atoms with E-state index < -0.39 is 0 Å². The molecule has 1 fully saturated rings. The Hall–Kier alpha value is -1.98. The molecule has 1 heterocycles. The van der Waals surface area contributed by atoms with Gasteiger partial charge in [0.1, 0.15) is 5.76 Å². The standard InChI is InChI=1S/C16H25N3O3/c20-15(17-10-8-14-7-4-12-22-14)9-11-18-16(21)19-13-5-2-1-3-6-13/h4,7,12-13H,1-3,5-6,8-11H2,(H,17,20)(H2,18,19,21). The first kappa shape index (κ1) is 16.4. The number of nitrogens with one attached hydrogen (secondary N) is 3. The van der Waals surface area contributed by atoms with Crippen LogP contribution in [0.5, 0.6) is 0 Å². The summed E-state index contributed by atoms with van der Waals surface area (Å²) >= 11 is 0. The third-order valence-electron chi connectivity index (χ3n) is 3.85. The van der Waals surface area contributed by atoms with Gasteiger partial charge in [0.15, 0.2) is 0 Å². The van der Waals surface area contributed by atoms with Crippen molar-refractivity contribution in [1.82, 2.24) is 16.0 Å². The molecule has 0 atom stereocenters. The number of hydrogen-bond donors (Lipinski definition) is 3. The maximum absolute atomic E-state index is 11.7. The van der Waals surface area contributed by atoms with Crippen molar-refractivity contribution in [3.8, 4) is 0 Å². The molecule has 1 aliphatic rings. The van der Waals surface area contributed by atoms with Gasteiger partial charge in [-0.15, -0.1) is 0 Å². The van der Waals surface area contributed by atoms with E-state index >= 15 is 0 Å². The molecule has 1 aliphatic carbocycles. The van der Waals surface area contributed by atoms with Crippen LogP contribution in [-0.2, 0) is 11.2 Å². The van der Waals surface area contributed by atoms with Crippen molar-refractivity contribution in [1.29, 1.82) is 0 Å². The summed E-state index contributed by atoms with van der Waals surface area (Å²) in [6, 6.07) is 3.82. The second-order valence-corrected chi connectivity index (χ2v) is 5.66. The molecule has 0 radical (unpaired) electrons. The Morgan fingerprint density at radius 1 is 1.14 bits per heavy atom. The summed E-state index contributed by atoms with van der Waals surface area (Å²) in [4.78, 5) is 23.3. The van der Waals surface area contributed by atoms with E-state index in [0.717, 1.165) is 18.6 Å². The molecule has 1 saturated carbocycles. The third kappa shape index (κ3) is 6.20. The Kier molecular flexibility index (Phi) is 6.80. The van der Waals surface area contributed by atoms with Crippen LogP contribution < -0.4 is 16.0 Å². The van der Waals surface area contributed by atoms with E-state index in [2.05, 4.69) is 16.0 Å². The molecule has 6 nitrogen and oxygen atoms in total. The van der Waals surface area contributed by atoms with Crippen LogP contribution in [0.3, 0.4) is 0 Å². The fourth-order valence-corrected chi connectivity index (χ4v) is 2.64. The first-order valence-electron chi connectivity index (χ1n) is 8.07. The minimum Gasteiger partial charge on any atom is -0.469 e. The third-order valence-corrected chi connectivity index (χ3v) is 3.85. The van der Waals surface area contributed by atoms with Gasteiger partial charge in [0, 0.05) is 32.0 Å². The number of furan rings is 1. The SMILES string of the molecule is O=C(CCNC(=O)NC1CCCCC1)NCCc1ccco1. The molecule has 22 heavy (non-hydrogen) atoms. The van der Waals surface area contributed by atoms with Gasteiger partial charge in [0.05, 0.1) is 6.26 Å². The van der Waals surface area contributed by atoms with E-state index in [0.29, 0.717) is 19.5 Å². The molecule has 1 aromatic heterocycles. The van der Waals surface area contributed by atoms with Crippen LogP contribution in [0.15, 0.2) is 22.8 Å². The number of hydrogen-bond acceptors (Lipinski definition) is 3. The number of urea groups is 1. The van der Waals surface area contributed by atoms with Gasteiger partial charge in [-0.1, -0.05) is 19.3 Å². The van der Waals surface area contributed by atoms with Gasteiger partial charge in [-0.05, 0) is 25.0 Å². The smallest absolute Gasteiger partial charge is 0.315 e. The zero-order chi connectivity index (χ0) is 15.6. The highest BCUT2D eigenvalue weighted by Crippen LogP contribution is 2.17. The quantitative estimate of drug-likeness (QED) is 0.720. The zero-order valence-corrected chi connectivity index (χ0v) is 12.9. The normalized spacial score (nSPS) is 15.3. The van der Waals surface area contributed by atoms with Crippen molar-refractivity contribution >= 4 is 11.9 Å². The largest absolute Gasteiger partial charge is 0.469 e. The molecule has 3 amide bonds. The molecule has 2 rings (SSSR count). The molecule has 0 saturated heterocycles. The zero-order valence-electron chi connectivity index (χ0n) is 12.9. The Morgan fingerprint density at radius 2 is 1.95 bits per heavy atom. The molecule has 1 aromatic rings. The molecule has 3 N–H and O–H groups in total. The molecule has 6 heteroatoms. The Bertz CT molecular complexity index is 453. The van der Waals surface area contributed by atoms with Crippen LogP contribution in [0.2, 0.25) is 0 Å². The van der Waals surface area contributed by atoms with E-state index in [4.69, 9.17) is 4.42 Å². The summed E-state index contributed by atoms with van der Waals surface area (Å²) in [6.07, 6.45) is 8.32. The van der Waals surface area contributed by atoms with Gasteiger partial charge < -0.3 is 20.4 Å². The lowest BCUT2D eigenvalue weighted by atomic mass is 9.96. The fourth-order valence-electron chi connectivity index (χ4n) is 2.64. The maximum atomic E-state index is 11.7. The number of carbonyl (C=O) groups is 2. The topological polar surface area (TPSA) is 83.4 Å². The minimum atomic E-state index is -0.171. The predicted octanol–water partition coefficient (Wildman–Crippen LogP) is 1.96. The van der Waals surface area contributed by atoms with Crippen molar-refractivity contribution in [3.63, 3.8) is 0 Å². The van der Waals surface area contributed by atoms with Crippen LogP contribution >= 0.6 is 0 Å². The summed E-state index contributed by atoms with van der Waals surface area (Å²) in [5.41, 5.74) is 0. The van der Waals surface area contributed by atoms with Crippen molar-refractivity contribution in [3.05, 3.63) is 24.2 Å². The predicted molar refractivity (Wildman–Crippen MR) is 83.4 cm³/mol. The first-order valence-corrected chi connectivity index (χ1v) is 8.07. The van der Waals surface area contributed by atoms with Gasteiger partial charge in [0.25, 0.3) is 0 Å². The summed E-state index contributed by atoms with van der Waals surface area (Å²) in [5, 5.41) is 8.50. The second-order valence-electron chi connectivity index (χ2n) is 5.66. The van der Waals surface area contributed by atoms with Gasteiger partial charge in [0.2, 0.25) is 5.91 Å². The molecule has 0 spiro atoms. The Morgan fingerprint density at radius 3 is 2.68 bits per heavy atom. The number of rotatable bonds is 7. The molecular weight excluding hydrogens is 282 g/mol. The fraction of sp³-hybridized carbons (Fsp3) is 0.625. The highest BCUT2D eigenvalue weighted by molar-refractivity contribution is 5.78. The molecule has 0 bridgehead atoms. The Labute approximate surface area is 131 Å². The lowest BCUT2D eigenvalue weighted by molar-refractivity contribution is -0.120. The van der Waals surface area contributed by atoms with Crippen LogP contribution in [0.4, 0.5) is 4.79 Å². The molecule has 122 valence electrons. The van der Waals surface area contributed by atoms with Gasteiger partial charge >= 0.3 is 6.03 Å². The monoisotopic (exact) mass is 307 g/mol. The summed E-state index contributed by atoms with van der Waals surface area (Å²) in [7, 11) is 0. The lowest BCUT2D eigenvalue weighted by Crippen LogP contribution is -2.43. The number of carbonyl (C=O) groups excluding carboxylic acids is 2. The first-order chi connectivity index (χ1) is 10.7. The van der Waals surface area contributed by atoms with Crippen LogP contribution in [0.1, 0.15) is 44.3 Å². The highest BCUT2D eigenvalue weighted by Gasteiger charge is 2.15. The van der Waals surface area contributed by atoms with Gasteiger partial charge in [-0.2, -0.15) is 0 Å². The molecule has 0 aliphatic heterocycles. The maximum Gasteiger partial charge on any atom is 0.315 e. The molecule has 0 unspecified atom stereocenters. The van der Waals surface area contributed by atoms with Crippen LogP contribution in [-0.4, -0.2) is 31.1 Å². The van der Waals surface area contributed by atoms with Gasteiger partial charge in [-0.3, -0.25) is 4.79 Å². The van der Waals surface area contributed by atoms with Gasteiger partial charge in [-0.25, -0.2) is 4.79 Å².